The van der Waals surface area contributed by atoms with Gasteiger partial charge in [-0.25, -0.2) is 13.1 Å². The van der Waals surface area contributed by atoms with E-state index in [-0.39, 0.29) is 11.4 Å². The fourth-order valence-electron chi connectivity index (χ4n) is 2.68. The molecule has 5 nitrogen and oxygen atoms in total. The molecule has 0 atom stereocenters. The summed E-state index contributed by atoms with van der Waals surface area (Å²) >= 11 is 0. The summed E-state index contributed by atoms with van der Waals surface area (Å²) in [5, 5.41) is 0. The van der Waals surface area contributed by atoms with Crippen LogP contribution in [0.1, 0.15) is 24.5 Å². The maximum absolute atomic E-state index is 12.4. The molecule has 0 amide bonds. The Morgan fingerprint density at radius 3 is 2.28 bits per heavy atom. The summed E-state index contributed by atoms with van der Waals surface area (Å²) in [6.07, 6.45) is 2.49. The number of nitrogens with one attached hydrogen (secondary N) is 1. The predicted octanol–water partition coefficient (Wildman–Crippen LogP) is 3.18. The van der Waals surface area contributed by atoms with Crippen molar-refractivity contribution in [2.75, 3.05) is 20.8 Å². The van der Waals surface area contributed by atoms with Gasteiger partial charge in [0.05, 0.1) is 19.1 Å². The van der Waals surface area contributed by atoms with Crippen LogP contribution in [0.25, 0.3) is 0 Å². The number of benzene rings is 2. The summed E-state index contributed by atoms with van der Waals surface area (Å²) in [7, 11) is -0.371. The molecular formula is C19H25NO4S. The van der Waals surface area contributed by atoms with Crippen LogP contribution in [0.3, 0.4) is 0 Å². The van der Waals surface area contributed by atoms with Crippen molar-refractivity contribution in [2.24, 2.45) is 0 Å². The van der Waals surface area contributed by atoms with Crippen LogP contribution in [-0.2, 0) is 22.9 Å². The molecule has 0 heterocycles. The number of aryl methyl sites for hydroxylation is 1. The zero-order valence-corrected chi connectivity index (χ0v) is 15.7. The molecule has 1 N–H and O–H groups in total. The summed E-state index contributed by atoms with van der Waals surface area (Å²) in [6, 6.07) is 12.6. The molecule has 0 fully saturated rings. The van der Waals surface area contributed by atoms with E-state index in [9.17, 15) is 8.42 Å². The molecule has 2 rings (SSSR count). The first kappa shape index (κ1) is 19.3. The Hall–Kier alpha value is -2.05. The standard InChI is InChI=1S/C19H25NO4S/c1-4-6-15-9-11-17(12-10-15)25(21,22)20-14-13-16-7-5-8-18(23-2)19(16)24-3/h5,7-12,20H,4,6,13-14H2,1-3H3. The van der Waals surface area contributed by atoms with Crippen molar-refractivity contribution in [1.29, 1.82) is 0 Å². The molecule has 136 valence electrons. The third-order valence-corrected chi connectivity index (χ3v) is 5.42. The van der Waals surface area contributed by atoms with E-state index in [1.165, 1.54) is 0 Å². The van der Waals surface area contributed by atoms with Crippen molar-refractivity contribution in [2.45, 2.75) is 31.1 Å². The minimum atomic E-state index is -3.52. The molecular weight excluding hydrogens is 338 g/mol. The number of sulfonamides is 1. The highest BCUT2D eigenvalue weighted by atomic mass is 32.2. The van der Waals surface area contributed by atoms with Gasteiger partial charge in [-0.2, -0.15) is 0 Å². The number of ether oxygens (including phenoxy) is 2. The number of methoxy groups -OCH3 is 2. The van der Waals surface area contributed by atoms with Gasteiger partial charge < -0.3 is 9.47 Å². The Morgan fingerprint density at radius 2 is 1.68 bits per heavy atom. The van der Waals surface area contributed by atoms with Gasteiger partial charge in [0.1, 0.15) is 0 Å². The molecule has 6 heteroatoms. The third kappa shape index (κ3) is 4.96. The lowest BCUT2D eigenvalue weighted by atomic mass is 10.1. The lowest BCUT2D eigenvalue weighted by Gasteiger charge is -2.13. The average Bonchev–Trinajstić information content (AvgIpc) is 2.62. The molecule has 0 spiro atoms. The number of hydrogen-bond donors (Lipinski definition) is 1. The molecule has 2 aromatic carbocycles. The molecule has 0 saturated heterocycles. The van der Waals surface area contributed by atoms with Crippen molar-refractivity contribution in [3.63, 3.8) is 0 Å². The minimum absolute atomic E-state index is 0.280. The van der Waals surface area contributed by atoms with Crippen LogP contribution >= 0.6 is 0 Å². The quantitative estimate of drug-likeness (QED) is 0.743. The highest BCUT2D eigenvalue weighted by Gasteiger charge is 2.15. The van der Waals surface area contributed by atoms with Gasteiger partial charge >= 0.3 is 0 Å². The SMILES string of the molecule is CCCc1ccc(S(=O)(=O)NCCc2cccc(OC)c2OC)cc1. The molecule has 25 heavy (non-hydrogen) atoms. The second-order valence-electron chi connectivity index (χ2n) is 5.69. The molecule has 0 bridgehead atoms. The van der Waals surface area contributed by atoms with Crippen molar-refractivity contribution in [1.82, 2.24) is 4.72 Å². The highest BCUT2D eigenvalue weighted by molar-refractivity contribution is 7.89. The fraction of sp³-hybridized carbons (Fsp3) is 0.368. The molecule has 0 aliphatic carbocycles. The number of hydrogen-bond acceptors (Lipinski definition) is 4. The molecule has 0 unspecified atom stereocenters. The van der Waals surface area contributed by atoms with E-state index in [1.54, 1.807) is 26.4 Å². The summed E-state index contributed by atoms with van der Waals surface area (Å²) in [4.78, 5) is 0.282. The number of rotatable bonds is 9. The predicted molar refractivity (Wildman–Crippen MR) is 98.9 cm³/mol. The summed E-state index contributed by atoms with van der Waals surface area (Å²) in [5.41, 5.74) is 2.03. The Kier molecular flexibility index (Phi) is 6.84. The van der Waals surface area contributed by atoms with E-state index in [2.05, 4.69) is 11.6 Å². The largest absolute Gasteiger partial charge is 0.493 e. The van der Waals surface area contributed by atoms with Gasteiger partial charge in [0, 0.05) is 6.54 Å². The van der Waals surface area contributed by atoms with Crippen LogP contribution in [0.2, 0.25) is 0 Å². The van der Waals surface area contributed by atoms with Gasteiger partial charge in [0.2, 0.25) is 10.0 Å². The minimum Gasteiger partial charge on any atom is -0.493 e. The normalized spacial score (nSPS) is 11.3. The monoisotopic (exact) mass is 363 g/mol. The van der Waals surface area contributed by atoms with Crippen LogP contribution in [0.4, 0.5) is 0 Å². The Labute approximate surface area is 150 Å². The zero-order chi connectivity index (χ0) is 18.3. The van der Waals surface area contributed by atoms with Crippen LogP contribution in [0, 0.1) is 0 Å². The van der Waals surface area contributed by atoms with Gasteiger partial charge in [-0.05, 0) is 42.2 Å². The fourth-order valence-corrected chi connectivity index (χ4v) is 3.71. The molecule has 2 aromatic rings. The average molecular weight is 363 g/mol. The topological polar surface area (TPSA) is 64.6 Å². The molecule has 0 aromatic heterocycles. The van der Waals surface area contributed by atoms with E-state index >= 15 is 0 Å². The van der Waals surface area contributed by atoms with E-state index in [4.69, 9.17) is 9.47 Å². The van der Waals surface area contributed by atoms with Gasteiger partial charge in [0.15, 0.2) is 11.5 Å². The Bertz CT molecular complexity index is 786. The summed E-state index contributed by atoms with van der Waals surface area (Å²) < 4.78 is 38.1. The van der Waals surface area contributed by atoms with E-state index in [0.717, 1.165) is 24.0 Å². The Morgan fingerprint density at radius 1 is 0.960 bits per heavy atom. The third-order valence-electron chi connectivity index (χ3n) is 3.94. The van der Waals surface area contributed by atoms with E-state index < -0.39 is 10.0 Å². The van der Waals surface area contributed by atoms with Crippen LogP contribution in [0.5, 0.6) is 11.5 Å². The lowest BCUT2D eigenvalue weighted by Crippen LogP contribution is -2.26. The first-order valence-corrected chi connectivity index (χ1v) is 9.78. The van der Waals surface area contributed by atoms with Gasteiger partial charge in [-0.15, -0.1) is 0 Å². The Balaban J connectivity index is 2.03. The van der Waals surface area contributed by atoms with Crippen molar-refractivity contribution >= 4 is 10.0 Å². The molecule has 0 saturated carbocycles. The second-order valence-corrected chi connectivity index (χ2v) is 7.46. The zero-order valence-electron chi connectivity index (χ0n) is 14.9. The van der Waals surface area contributed by atoms with Gasteiger partial charge in [-0.1, -0.05) is 37.6 Å². The van der Waals surface area contributed by atoms with E-state index in [1.807, 2.05) is 30.3 Å². The van der Waals surface area contributed by atoms with Gasteiger partial charge in [-0.3, -0.25) is 0 Å². The van der Waals surface area contributed by atoms with Crippen LogP contribution in [0.15, 0.2) is 47.4 Å². The first-order chi connectivity index (χ1) is 12.0. The second kappa shape index (κ2) is 8.87. The first-order valence-electron chi connectivity index (χ1n) is 8.30. The maximum atomic E-state index is 12.4. The van der Waals surface area contributed by atoms with E-state index in [0.29, 0.717) is 17.9 Å². The molecule has 0 radical (unpaired) electrons. The number of para-hydroxylation sites is 1. The highest BCUT2D eigenvalue weighted by Crippen LogP contribution is 2.30. The lowest BCUT2D eigenvalue weighted by molar-refractivity contribution is 0.351. The molecule has 0 aliphatic heterocycles. The van der Waals surface area contributed by atoms with Crippen molar-refractivity contribution < 1.29 is 17.9 Å². The molecule has 0 aliphatic rings. The van der Waals surface area contributed by atoms with Crippen LogP contribution in [-0.4, -0.2) is 29.2 Å². The summed E-state index contributed by atoms with van der Waals surface area (Å²) in [5.74, 6) is 1.27. The van der Waals surface area contributed by atoms with Crippen molar-refractivity contribution in [3.8, 4) is 11.5 Å². The van der Waals surface area contributed by atoms with Gasteiger partial charge in [0.25, 0.3) is 0 Å². The summed E-state index contributed by atoms with van der Waals surface area (Å²) in [6.45, 7) is 2.38. The smallest absolute Gasteiger partial charge is 0.240 e. The maximum Gasteiger partial charge on any atom is 0.240 e. The van der Waals surface area contributed by atoms with Crippen molar-refractivity contribution in [3.05, 3.63) is 53.6 Å². The van der Waals surface area contributed by atoms with Crippen LogP contribution < -0.4 is 14.2 Å².